The molecule has 3 aromatic carbocycles. The molecule has 44 heavy (non-hydrogen) atoms. The Hall–Kier alpha value is -2.70. The molecule has 3 aromatic heterocycles. The molecule has 1 radical (unpaired) electrons. The molecule has 0 unspecified atom stereocenters. The fraction of sp³-hybridized carbons (Fsp3) is 0.263. The van der Waals surface area contributed by atoms with Gasteiger partial charge in [-0.2, -0.15) is 11.3 Å². The van der Waals surface area contributed by atoms with E-state index in [4.69, 9.17) is 6.35 Å². The molecule has 0 bridgehead atoms. The van der Waals surface area contributed by atoms with Crippen LogP contribution >= 0.6 is 11.3 Å². The molecule has 0 N–H and O–H groups in total. The largest absolute Gasteiger partial charge is 0.305 e. The van der Waals surface area contributed by atoms with Crippen molar-refractivity contribution in [2.45, 2.75) is 57.3 Å². The van der Waals surface area contributed by atoms with Crippen LogP contribution in [0.3, 0.4) is 0 Å². The summed E-state index contributed by atoms with van der Waals surface area (Å²) in [4.78, 5) is 9.16. The molecule has 3 heterocycles. The van der Waals surface area contributed by atoms with Gasteiger partial charge < -0.3 is 4.98 Å². The van der Waals surface area contributed by atoms with Gasteiger partial charge in [0.05, 0.1) is 4.70 Å². The van der Waals surface area contributed by atoms with E-state index in [2.05, 4.69) is 66.6 Å². The van der Waals surface area contributed by atoms with Gasteiger partial charge in [-0.3, -0.25) is 0 Å². The molecule has 6 aromatic rings. The summed E-state index contributed by atoms with van der Waals surface area (Å²) in [5.74, 6) is 7.10. The van der Waals surface area contributed by atoms with Gasteiger partial charge in [-0.05, 0) is 33.8 Å². The summed E-state index contributed by atoms with van der Waals surface area (Å²) in [7, 11) is 0. The Balaban J connectivity index is 0.000000204. The second-order valence-electron chi connectivity index (χ2n) is 12.6. The predicted molar refractivity (Wildman–Crippen MR) is 185 cm³/mol. The molecule has 2 nitrogen and oxygen atoms in total. The minimum atomic E-state index is -1.86. The van der Waals surface area contributed by atoms with Gasteiger partial charge in [0.15, 0.2) is 0 Å². The first-order chi connectivity index (χ1) is 20.8. The van der Waals surface area contributed by atoms with Gasteiger partial charge in [-0.1, -0.05) is 43.0 Å². The fourth-order valence-electron chi connectivity index (χ4n) is 5.28. The van der Waals surface area contributed by atoms with Crippen molar-refractivity contribution in [3.05, 3.63) is 114 Å². The third kappa shape index (κ3) is 7.74. The normalized spacial score (nSPS) is 12.1. The van der Waals surface area contributed by atoms with E-state index in [-0.39, 0.29) is 25.9 Å². The summed E-state index contributed by atoms with van der Waals surface area (Å²) >= 11 is -0.428. The smallest absolute Gasteiger partial charge is 0.140 e. The maximum atomic E-state index is 14.1. The number of hydrogen-bond donors (Lipinski definition) is 0. The van der Waals surface area contributed by atoms with Gasteiger partial charge in [0.1, 0.15) is 5.82 Å². The molecule has 6 heteroatoms. The number of hydrogen-bond acceptors (Lipinski definition) is 3. The van der Waals surface area contributed by atoms with Gasteiger partial charge in [0, 0.05) is 27.7 Å². The Labute approximate surface area is 283 Å². The van der Waals surface area contributed by atoms with Crippen molar-refractivity contribution < 1.29 is 25.9 Å². The molecule has 0 saturated carbocycles. The van der Waals surface area contributed by atoms with Gasteiger partial charge in [0.2, 0.25) is 0 Å². The molecular formula is C38H39FGeIrN2S-2. The van der Waals surface area contributed by atoms with Crippen molar-refractivity contribution in [2.24, 2.45) is 5.92 Å². The van der Waals surface area contributed by atoms with E-state index >= 15 is 0 Å². The Kier molecular flexibility index (Phi) is 10.8. The zero-order chi connectivity index (χ0) is 31.6. The van der Waals surface area contributed by atoms with Gasteiger partial charge in [-0.25, -0.2) is 4.39 Å². The maximum Gasteiger partial charge on any atom is 0.140 e. The Morgan fingerprint density at radius 1 is 0.864 bits per heavy atom. The van der Waals surface area contributed by atoms with Gasteiger partial charge in [-0.15, -0.1) is 23.8 Å². The maximum absolute atomic E-state index is 14.1. The summed E-state index contributed by atoms with van der Waals surface area (Å²) in [5, 5.41) is 1.93. The van der Waals surface area contributed by atoms with E-state index in [1.165, 1.54) is 23.0 Å². The van der Waals surface area contributed by atoms with Gasteiger partial charge >= 0.3 is 126 Å². The molecule has 0 atom stereocenters. The fourth-order valence-corrected chi connectivity index (χ4v) is 9.82. The van der Waals surface area contributed by atoms with Crippen LogP contribution in [0.4, 0.5) is 4.39 Å². The Bertz CT molecular complexity index is 1910. The summed E-state index contributed by atoms with van der Waals surface area (Å²) in [6.45, 7) is 8.28. The number of nitrogens with zero attached hydrogens (tertiary/aromatic N) is 2. The number of thiophene rings is 1. The summed E-state index contributed by atoms with van der Waals surface area (Å²) in [5.41, 5.74) is 6.16. The summed E-state index contributed by atoms with van der Waals surface area (Å²) in [6.07, 6.45) is 5.00. The topological polar surface area (TPSA) is 25.8 Å². The first-order valence-corrected chi connectivity index (χ1v) is 22.9. The number of aromatic nitrogens is 2. The predicted octanol–water partition coefficient (Wildman–Crippen LogP) is 10.5. The zero-order valence-corrected chi connectivity index (χ0v) is 31.7. The molecule has 0 aliphatic carbocycles. The van der Waals surface area contributed by atoms with Crippen LogP contribution < -0.4 is 4.40 Å². The molecule has 229 valence electrons. The van der Waals surface area contributed by atoms with E-state index in [0.29, 0.717) is 10.6 Å². The molecule has 0 spiro atoms. The molecule has 0 amide bonds. The second-order valence-corrected chi connectivity index (χ2v) is 24.2. The van der Waals surface area contributed by atoms with E-state index in [1.807, 2.05) is 62.4 Å². The van der Waals surface area contributed by atoms with Crippen LogP contribution in [0.1, 0.15) is 46.1 Å². The van der Waals surface area contributed by atoms with Crippen molar-refractivity contribution in [2.75, 3.05) is 0 Å². The van der Waals surface area contributed by atoms with Crippen LogP contribution in [0.2, 0.25) is 17.3 Å². The van der Waals surface area contributed by atoms with Crippen molar-refractivity contribution in [3.63, 3.8) is 0 Å². The molecule has 0 aliphatic heterocycles. The average Bonchev–Trinajstić information content (AvgIpc) is 3.37. The van der Waals surface area contributed by atoms with Crippen LogP contribution in [-0.2, 0) is 26.5 Å². The van der Waals surface area contributed by atoms with Crippen LogP contribution in [0.15, 0.2) is 85.2 Å². The molecule has 0 aliphatic rings. The van der Waals surface area contributed by atoms with Crippen molar-refractivity contribution in [1.82, 2.24) is 9.97 Å². The van der Waals surface area contributed by atoms with E-state index < -0.39 is 19.2 Å². The van der Waals surface area contributed by atoms with Crippen LogP contribution in [0.25, 0.3) is 42.7 Å². The van der Waals surface area contributed by atoms with Crippen LogP contribution in [0.5, 0.6) is 0 Å². The number of halogens is 1. The third-order valence-electron chi connectivity index (χ3n) is 7.41. The number of rotatable bonds is 6. The second kappa shape index (κ2) is 14.6. The summed E-state index contributed by atoms with van der Waals surface area (Å²) in [6, 6.07) is 29.7. The quantitative estimate of drug-likeness (QED) is 0.123. The van der Waals surface area contributed by atoms with Crippen LogP contribution in [0, 0.1) is 23.9 Å². The minimum Gasteiger partial charge on any atom is -0.305 e. The molecular weight excluding hydrogens is 800 g/mol. The van der Waals surface area contributed by atoms with E-state index in [1.54, 1.807) is 16.7 Å². The Morgan fingerprint density at radius 2 is 1.64 bits per heavy atom. The first kappa shape index (κ1) is 32.7. The van der Waals surface area contributed by atoms with E-state index in [9.17, 15) is 4.39 Å². The molecule has 6 rings (SSSR count). The van der Waals surface area contributed by atoms with Crippen LogP contribution in [-0.4, -0.2) is 23.2 Å². The zero-order valence-electron chi connectivity index (χ0n) is 27.4. The molecule has 0 fully saturated rings. The SMILES string of the molecule is CC(C)Cc1cc(-c2[c-]cccc2)nc[c]1[Ge]([CH3])([CH3])[CH3].[2H]C(C)(C)c1ccnc(-c2[c-]ccc3c2sc2c(F)cccc23)c1.[Ir]. The van der Waals surface area contributed by atoms with Crippen molar-refractivity contribution >= 4 is 49.2 Å². The van der Waals surface area contributed by atoms with Gasteiger partial charge in [0.25, 0.3) is 0 Å². The van der Waals surface area contributed by atoms with E-state index in [0.717, 1.165) is 50.0 Å². The monoisotopic (exact) mass is 842 g/mol. The summed E-state index contributed by atoms with van der Waals surface area (Å²) < 4.78 is 25.5. The first-order valence-electron chi connectivity index (χ1n) is 15.3. The molecule has 0 saturated heterocycles. The van der Waals surface area contributed by atoms with Crippen molar-refractivity contribution in [3.8, 4) is 22.5 Å². The average molecular weight is 841 g/mol. The standard InChI is InChI=1S/C20H15FNS.C18H24GeN.Ir/c1-12(2)13-9-10-22-18(11-13)16-7-3-5-14-15-6-4-8-17(21)20(15)23-19(14)16;1-14(2)11-16-12-18(15-9-7-6-8-10-15)20-13-17(16)19(3,4)5;/h3-6,8-12H,1-2H3;6-9,12-14H,11H2,1-5H3;/q2*-1;/i12D;;. The minimum absolute atomic E-state index is 0. The third-order valence-corrected chi connectivity index (χ3v) is 13.0. The van der Waals surface area contributed by atoms with Crippen molar-refractivity contribution in [1.29, 1.82) is 0 Å². The number of benzene rings is 3. The Morgan fingerprint density at radius 3 is 2.32 bits per heavy atom. The number of fused-ring (bicyclic) bond motifs is 3. The number of pyridine rings is 2.